The maximum absolute atomic E-state index is 10.9. The van der Waals surface area contributed by atoms with Crippen LogP contribution < -0.4 is 5.32 Å². The van der Waals surface area contributed by atoms with E-state index >= 15 is 0 Å². The average molecular weight is 192 g/mol. The number of nitrogens with zero attached hydrogens (tertiary/aromatic N) is 1. The van der Waals surface area contributed by atoms with Gasteiger partial charge in [-0.3, -0.25) is 9.78 Å². The van der Waals surface area contributed by atoms with E-state index in [4.69, 9.17) is 5.11 Å². The summed E-state index contributed by atoms with van der Waals surface area (Å²) < 4.78 is 0. The zero-order valence-electron chi connectivity index (χ0n) is 7.95. The van der Waals surface area contributed by atoms with Crippen LogP contribution in [0.3, 0.4) is 0 Å². The molecular formula is C10H12N2O2. The molecular weight excluding hydrogens is 180 g/mol. The lowest BCUT2D eigenvalue weighted by atomic mass is 9.99. The van der Waals surface area contributed by atoms with Gasteiger partial charge in [0.15, 0.2) is 0 Å². The normalized spacial score (nSPS) is 20.2. The zero-order chi connectivity index (χ0) is 10.1. The molecule has 1 aromatic heterocycles. The molecule has 0 radical (unpaired) electrons. The molecule has 1 aliphatic heterocycles. The molecule has 0 amide bonds. The number of aliphatic carboxylic acids is 1. The van der Waals surface area contributed by atoms with Gasteiger partial charge in [-0.05, 0) is 13.0 Å². The molecule has 2 heterocycles. The molecule has 1 unspecified atom stereocenters. The summed E-state index contributed by atoms with van der Waals surface area (Å²) in [5.41, 5.74) is 2.65. The van der Waals surface area contributed by atoms with E-state index < -0.39 is 12.0 Å². The highest BCUT2D eigenvalue weighted by molar-refractivity contribution is 5.76. The van der Waals surface area contributed by atoms with Gasteiger partial charge in [0.1, 0.15) is 6.04 Å². The van der Waals surface area contributed by atoms with Crippen LogP contribution in [-0.2, 0) is 11.2 Å². The highest BCUT2D eigenvalue weighted by Gasteiger charge is 2.26. The molecule has 14 heavy (non-hydrogen) atoms. The Morgan fingerprint density at radius 3 is 3.14 bits per heavy atom. The average Bonchev–Trinajstić information content (AvgIpc) is 2.16. The van der Waals surface area contributed by atoms with Crippen LogP contribution in [0.25, 0.3) is 0 Å². The van der Waals surface area contributed by atoms with Crippen molar-refractivity contribution in [3.63, 3.8) is 0 Å². The molecule has 0 saturated heterocycles. The Hall–Kier alpha value is -1.42. The number of hydrogen-bond acceptors (Lipinski definition) is 3. The molecule has 0 aromatic carbocycles. The van der Waals surface area contributed by atoms with Crippen LogP contribution in [0.1, 0.15) is 23.0 Å². The van der Waals surface area contributed by atoms with Crippen LogP contribution in [-0.4, -0.2) is 22.6 Å². The fourth-order valence-electron chi connectivity index (χ4n) is 1.75. The second-order valence-electron chi connectivity index (χ2n) is 3.46. The van der Waals surface area contributed by atoms with Gasteiger partial charge in [0.2, 0.25) is 0 Å². The first-order valence-corrected chi connectivity index (χ1v) is 4.61. The largest absolute Gasteiger partial charge is 0.480 e. The number of carbonyl (C=O) groups is 1. The Morgan fingerprint density at radius 2 is 2.43 bits per heavy atom. The molecule has 1 aliphatic rings. The lowest BCUT2D eigenvalue weighted by molar-refractivity contribution is -0.139. The van der Waals surface area contributed by atoms with E-state index in [1.807, 2.05) is 19.1 Å². The minimum absolute atomic E-state index is 0.591. The summed E-state index contributed by atoms with van der Waals surface area (Å²) in [7, 11) is 0. The molecule has 2 rings (SSSR count). The number of fused-ring (bicyclic) bond motifs is 1. The first-order chi connectivity index (χ1) is 6.68. The van der Waals surface area contributed by atoms with Crippen molar-refractivity contribution < 1.29 is 9.90 Å². The van der Waals surface area contributed by atoms with E-state index in [2.05, 4.69) is 10.3 Å². The van der Waals surface area contributed by atoms with Crippen LogP contribution in [0.4, 0.5) is 0 Å². The van der Waals surface area contributed by atoms with Gasteiger partial charge >= 0.3 is 5.97 Å². The number of pyridine rings is 1. The minimum Gasteiger partial charge on any atom is -0.480 e. The number of nitrogens with one attached hydrogen (secondary N) is 1. The van der Waals surface area contributed by atoms with Crippen molar-refractivity contribution in [2.24, 2.45) is 0 Å². The number of carboxylic acids is 1. The number of hydrogen-bond donors (Lipinski definition) is 2. The summed E-state index contributed by atoms with van der Waals surface area (Å²) in [6.07, 6.45) is 0.806. The first kappa shape index (κ1) is 9.15. The maximum atomic E-state index is 10.9. The van der Waals surface area contributed by atoms with Gasteiger partial charge in [0.05, 0.1) is 0 Å². The summed E-state index contributed by atoms with van der Waals surface area (Å²) in [4.78, 5) is 15.3. The SMILES string of the molecule is Cc1ccc2c(n1)CCNC2C(=O)O. The molecule has 0 spiro atoms. The lowest BCUT2D eigenvalue weighted by Gasteiger charge is -2.22. The standard InChI is InChI=1S/C10H12N2O2/c1-6-2-3-7-8(12-6)4-5-11-9(7)10(13)14/h2-3,9,11H,4-5H2,1H3,(H,13,14). The molecule has 0 saturated carbocycles. The number of aromatic nitrogens is 1. The molecule has 0 fully saturated rings. The van der Waals surface area contributed by atoms with Gasteiger partial charge in [-0.1, -0.05) is 6.07 Å². The Balaban J connectivity index is 2.44. The maximum Gasteiger partial charge on any atom is 0.325 e. The van der Waals surface area contributed by atoms with Gasteiger partial charge in [-0.2, -0.15) is 0 Å². The van der Waals surface area contributed by atoms with Gasteiger partial charge < -0.3 is 10.4 Å². The third-order valence-electron chi connectivity index (χ3n) is 2.42. The van der Waals surface area contributed by atoms with Crippen LogP contribution in [0.5, 0.6) is 0 Å². The van der Waals surface area contributed by atoms with Gasteiger partial charge in [-0.15, -0.1) is 0 Å². The number of rotatable bonds is 1. The summed E-state index contributed by atoms with van der Waals surface area (Å²) >= 11 is 0. The van der Waals surface area contributed by atoms with Crippen molar-refractivity contribution in [3.05, 3.63) is 29.1 Å². The van der Waals surface area contributed by atoms with E-state index in [0.717, 1.165) is 23.4 Å². The summed E-state index contributed by atoms with van der Waals surface area (Å²) in [6, 6.07) is 3.11. The van der Waals surface area contributed by atoms with Gasteiger partial charge in [0.25, 0.3) is 0 Å². The minimum atomic E-state index is -0.836. The summed E-state index contributed by atoms with van der Waals surface area (Å²) in [6.45, 7) is 2.60. The summed E-state index contributed by atoms with van der Waals surface area (Å²) in [5, 5.41) is 11.9. The van der Waals surface area contributed by atoms with E-state index in [-0.39, 0.29) is 0 Å². The van der Waals surface area contributed by atoms with E-state index in [1.165, 1.54) is 0 Å². The van der Waals surface area contributed by atoms with Gasteiger partial charge in [-0.25, -0.2) is 0 Å². The van der Waals surface area contributed by atoms with Crippen molar-refractivity contribution in [1.82, 2.24) is 10.3 Å². The Labute approximate surface area is 82.0 Å². The molecule has 4 heteroatoms. The Kier molecular flexibility index (Phi) is 2.21. The predicted molar refractivity (Wildman–Crippen MR) is 51.1 cm³/mol. The van der Waals surface area contributed by atoms with Crippen LogP contribution in [0.15, 0.2) is 12.1 Å². The quantitative estimate of drug-likeness (QED) is 0.686. The van der Waals surface area contributed by atoms with E-state index in [0.29, 0.717) is 6.54 Å². The van der Waals surface area contributed by atoms with Crippen molar-refractivity contribution >= 4 is 5.97 Å². The van der Waals surface area contributed by atoms with E-state index in [9.17, 15) is 4.79 Å². The molecule has 1 atom stereocenters. The monoisotopic (exact) mass is 192 g/mol. The van der Waals surface area contributed by atoms with Crippen molar-refractivity contribution in [1.29, 1.82) is 0 Å². The molecule has 0 bridgehead atoms. The third-order valence-corrected chi connectivity index (χ3v) is 2.42. The third kappa shape index (κ3) is 1.48. The predicted octanol–water partition coefficient (Wildman–Crippen LogP) is 0.661. The summed E-state index contributed by atoms with van der Waals surface area (Å²) in [5.74, 6) is -0.836. The molecule has 74 valence electrons. The fraction of sp³-hybridized carbons (Fsp3) is 0.400. The Bertz CT molecular complexity index is 376. The second kappa shape index (κ2) is 3.38. The van der Waals surface area contributed by atoms with Gasteiger partial charge in [0, 0.05) is 29.9 Å². The Morgan fingerprint density at radius 1 is 1.64 bits per heavy atom. The van der Waals surface area contributed by atoms with Crippen molar-refractivity contribution in [2.75, 3.05) is 6.54 Å². The molecule has 1 aromatic rings. The molecule has 4 nitrogen and oxygen atoms in total. The highest BCUT2D eigenvalue weighted by atomic mass is 16.4. The number of carboxylic acid groups (broad SMARTS) is 1. The van der Waals surface area contributed by atoms with Crippen molar-refractivity contribution in [2.45, 2.75) is 19.4 Å². The zero-order valence-corrected chi connectivity index (χ0v) is 7.95. The number of aryl methyl sites for hydroxylation is 1. The van der Waals surface area contributed by atoms with E-state index in [1.54, 1.807) is 0 Å². The van der Waals surface area contributed by atoms with Crippen LogP contribution in [0, 0.1) is 6.92 Å². The highest BCUT2D eigenvalue weighted by Crippen LogP contribution is 2.21. The molecule has 2 N–H and O–H groups in total. The topological polar surface area (TPSA) is 62.2 Å². The second-order valence-corrected chi connectivity index (χ2v) is 3.46. The van der Waals surface area contributed by atoms with Crippen molar-refractivity contribution in [3.8, 4) is 0 Å². The smallest absolute Gasteiger partial charge is 0.325 e. The van der Waals surface area contributed by atoms with Crippen LogP contribution >= 0.6 is 0 Å². The lowest BCUT2D eigenvalue weighted by Crippen LogP contribution is -2.35. The first-order valence-electron chi connectivity index (χ1n) is 4.61. The molecule has 0 aliphatic carbocycles. The van der Waals surface area contributed by atoms with Crippen LogP contribution in [0.2, 0.25) is 0 Å². The fourth-order valence-corrected chi connectivity index (χ4v) is 1.75.